The van der Waals surface area contributed by atoms with Crippen LogP contribution in [0.4, 0.5) is 0 Å². The van der Waals surface area contributed by atoms with Gasteiger partial charge in [-0.3, -0.25) is 0 Å². The Hall–Kier alpha value is -1.33. The average molecular weight is 198 g/mol. The smallest absolute Gasteiger partial charge is 0.0991 e. The Kier molecular flexibility index (Phi) is 2.00. The molecule has 0 saturated carbocycles. The SMILES string of the molecule is N#Cc1ccc([C@H]2CC3CCC2N3)cc1. The fourth-order valence-electron chi connectivity index (χ4n) is 3.00. The van der Waals surface area contributed by atoms with Gasteiger partial charge in [-0.15, -0.1) is 0 Å². The molecule has 76 valence electrons. The van der Waals surface area contributed by atoms with Crippen LogP contribution in [0.1, 0.15) is 36.3 Å². The highest BCUT2D eigenvalue weighted by atomic mass is 15.0. The Labute approximate surface area is 89.9 Å². The summed E-state index contributed by atoms with van der Waals surface area (Å²) in [5, 5.41) is 12.4. The topological polar surface area (TPSA) is 35.8 Å². The quantitative estimate of drug-likeness (QED) is 0.750. The highest BCUT2D eigenvalue weighted by Gasteiger charge is 2.39. The van der Waals surface area contributed by atoms with Crippen molar-refractivity contribution in [2.24, 2.45) is 0 Å². The zero-order chi connectivity index (χ0) is 10.3. The highest BCUT2D eigenvalue weighted by molar-refractivity contribution is 5.34. The van der Waals surface area contributed by atoms with Gasteiger partial charge in [0.05, 0.1) is 11.6 Å². The first-order valence-electron chi connectivity index (χ1n) is 5.63. The molecule has 15 heavy (non-hydrogen) atoms. The van der Waals surface area contributed by atoms with Crippen LogP contribution < -0.4 is 5.32 Å². The summed E-state index contributed by atoms with van der Waals surface area (Å²) < 4.78 is 0. The molecule has 3 rings (SSSR count). The summed E-state index contributed by atoms with van der Waals surface area (Å²) in [4.78, 5) is 0. The Bertz CT molecular complexity index is 402. The van der Waals surface area contributed by atoms with Crippen LogP contribution in [0.3, 0.4) is 0 Å². The molecule has 0 aliphatic carbocycles. The minimum Gasteiger partial charge on any atom is -0.311 e. The van der Waals surface area contributed by atoms with E-state index in [-0.39, 0.29) is 0 Å². The van der Waals surface area contributed by atoms with Crippen LogP contribution in [-0.2, 0) is 0 Å². The van der Waals surface area contributed by atoms with E-state index < -0.39 is 0 Å². The summed E-state index contributed by atoms with van der Waals surface area (Å²) >= 11 is 0. The summed E-state index contributed by atoms with van der Waals surface area (Å²) in [6, 6.07) is 11.7. The number of benzene rings is 1. The van der Waals surface area contributed by atoms with Crippen molar-refractivity contribution in [1.82, 2.24) is 5.32 Å². The molecule has 3 atom stereocenters. The third kappa shape index (κ3) is 1.44. The second kappa shape index (κ2) is 3.36. The maximum atomic E-state index is 8.74. The lowest BCUT2D eigenvalue weighted by molar-refractivity contribution is 0.506. The Balaban J connectivity index is 1.85. The van der Waals surface area contributed by atoms with Gasteiger partial charge in [-0.05, 0) is 37.0 Å². The van der Waals surface area contributed by atoms with E-state index in [1.807, 2.05) is 12.1 Å². The minimum absolute atomic E-state index is 0.677. The molecule has 0 aromatic heterocycles. The lowest BCUT2D eigenvalue weighted by atomic mass is 9.84. The lowest BCUT2D eigenvalue weighted by Gasteiger charge is -2.20. The van der Waals surface area contributed by atoms with Gasteiger partial charge in [0.2, 0.25) is 0 Å². The predicted octanol–water partition coefficient (Wildman–Crippen LogP) is 2.17. The number of hydrogen-bond acceptors (Lipinski definition) is 2. The van der Waals surface area contributed by atoms with Crippen molar-refractivity contribution in [1.29, 1.82) is 5.26 Å². The van der Waals surface area contributed by atoms with Crippen molar-refractivity contribution >= 4 is 0 Å². The van der Waals surface area contributed by atoms with Gasteiger partial charge >= 0.3 is 0 Å². The molecule has 2 fully saturated rings. The monoisotopic (exact) mass is 198 g/mol. The fourth-order valence-corrected chi connectivity index (χ4v) is 3.00. The first-order valence-corrected chi connectivity index (χ1v) is 5.63. The second-order valence-corrected chi connectivity index (χ2v) is 4.62. The van der Waals surface area contributed by atoms with Crippen LogP contribution in [0.2, 0.25) is 0 Å². The van der Waals surface area contributed by atoms with Gasteiger partial charge in [-0.25, -0.2) is 0 Å². The molecule has 1 aromatic carbocycles. The maximum absolute atomic E-state index is 8.74. The van der Waals surface area contributed by atoms with Gasteiger partial charge in [-0.1, -0.05) is 12.1 Å². The summed E-state index contributed by atoms with van der Waals surface area (Å²) in [7, 11) is 0. The van der Waals surface area contributed by atoms with E-state index in [0.717, 1.165) is 11.6 Å². The van der Waals surface area contributed by atoms with Crippen molar-refractivity contribution in [2.45, 2.75) is 37.3 Å². The van der Waals surface area contributed by atoms with Gasteiger partial charge in [0.25, 0.3) is 0 Å². The van der Waals surface area contributed by atoms with Crippen LogP contribution in [0.5, 0.6) is 0 Å². The van der Waals surface area contributed by atoms with E-state index in [1.54, 1.807) is 0 Å². The first-order chi connectivity index (χ1) is 7.36. The fraction of sp³-hybridized carbons (Fsp3) is 0.462. The summed E-state index contributed by atoms with van der Waals surface area (Å²) in [5.74, 6) is 0.677. The van der Waals surface area contributed by atoms with E-state index in [2.05, 4.69) is 23.5 Å². The van der Waals surface area contributed by atoms with Crippen LogP contribution in [0.15, 0.2) is 24.3 Å². The van der Waals surface area contributed by atoms with Gasteiger partial charge < -0.3 is 5.32 Å². The zero-order valence-corrected chi connectivity index (χ0v) is 8.61. The normalized spacial score (nSPS) is 32.9. The Morgan fingerprint density at radius 2 is 2.00 bits per heavy atom. The first kappa shape index (κ1) is 8.94. The molecule has 0 amide bonds. The Morgan fingerprint density at radius 1 is 1.20 bits per heavy atom. The number of hydrogen-bond donors (Lipinski definition) is 1. The predicted molar refractivity (Wildman–Crippen MR) is 58.5 cm³/mol. The van der Waals surface area contributed by atoms with Crippen LogP contribution in [0, 0.1) is 11.3 Å². The number of rotatable bonds is 1. The molecule has 2 unspecified atom stereocenters. The average Bonchev–Trinajstić information content (AvgIpc) is 2.91. The van der Waals surface area contributed by atoms with Crippen molar-refractivity contribution < 1.29 is 0 Å². The molecule has 1 aromatic rings. The molecule has 2 heteroatoms. The van der Waals surface area contributed by atoms with Gasteiger partial charge in [0, 0.05) is 18.0 Å². The summed E-state index contributed by atoms with van der Waals surface area (Å²) in [5.41, 5.74) is 2.16. The third-order valence-corrected chi connectivity index (χ3v) is 3.77. The molecule has 2 nitrogen and oxygen atoms in total. The number of nitrogens with one attached hydrogen (secondary N) is 1. The summed E-state index contributed by atoms with van der Waals surface area (Å²) in [6.07, 6.45) is 3.93. The summed E-state index contributed by atoms with van der Waals surface area (Å²) in [6.45, 7) is 0. The standard InChI is InChI=1S/C13H14N2/c14-8-9-1-3-10(4-2-9)12-7-11-5-6-13(12)15-11/h1-4,11-13,15H,5-7H2/t11?,12-,13?/m1/s1. The van der Waals surface area contributed by atoms with Crippen molar-refractivity contribution in [2.75, 3.05) is 0 Å². The van der Waals surface area contributed by atoms with Crippen LogP contribution >= 0.6 is 0 Å². The minimum atomic E-state index is 0.677. The molecule has 2 aliphatic heterocycles. The second-order valence-electron chi connectivity index (χ2n) is 4.62. The van der Waals surface area contributed by atoms with Crippen LogP contribution in [-0.4, -0.2) is 12.1 Å². The third-order valence-electron chi connectivity index (χ3n) is 3.77. The Morgan fingerprint density at radius 3 is 2.53 bits per heavy atom. The molecule has 0 radical (unpaired) electrons. The molecule has 2 saturated heterocycles. The molecule has 2 bridgehead atoms. The van der Waals surface area contributed by atoms with Crippen molar-refractivity contribution in [3.8, 4) is 6.07 Å². The largest absolute Gasteiger partial charge is 0.311 e. The lowest BCUT2D eigenvalue weighted by Crippen LogP contribution is -2.21. The molecule has 2 heterocycles. The molecular formula is C13H14N2. The number of nitrogens with zero attached hydrogens (tertiary/aromatic N) is 1. The van der Waals surface area contributed by atoms with Crippen molar-refractivity contribution in [3.63, 3.8) is 0 Å². The van der Waals surface area contributed by atoms with Crippen LogP contribution in [0.25, 0.3) is 0 Å². The molecule has 0 spiro atoms. The number of fused-ring (bicyclic) bond motifs is 2. The van der Waals surface area contributed by atoms with Gasteiger partial charge in [-0.2, -0.15) is 5.26 Å². The van der Waals surface area contributed by atoms with E-state index in [0.29, 0.717) is 12.0 Å². The molecule has 1 N–H and O–H groups in total. The van der Waals surface area contributed by atoms with E-state index in [9.17, 15) is 0 Å². The number of nitriles is 1. The van der Waals surface area contributed by atoms with Crippen molar-refractivity contribution in [3.05, 3.63) is 35.4 Å². The van der Waals surface area contributed by atoms with E-state index >= 15 is 0 Å². The highest BCUT2D eigenvalue weighted by Crippen LogP contribution is 2.39. The molecule has 2 aliphatic rings. The van der Waals surface area contributed by atoms with Gasteiger partial charge in [0.15, 0.2) is 0 Å². The molecular weight excluding hydrogens is 184 g/mol. The van der Waals surface area contributed by atoms with E-state index in [1.165, 1.54) is 24.8 Å². The van der Waals surface area contributed by atoms with Gasteiger partial charge in [0.1, 0.15) is 0 Å². The zero-order valence-electron chi connectivity index (χ0n) is 8.61. The van der Waals surface area contributed by atoms with E-state index in [4.69, 9.17) is 5.26 Å². The maximum Gasteiger partial charge on any atom is 0.0991 e.